The Hall–Kier alpha value is -9.88. The molecule has 0 aliphatic carbocycles. The van der Waals surface area contributed by atoms with Crippen LogP contribution in [0.3, 0.4) is 0 Å². The molecule has 0 aliphatic rings. The highest BCUT2D eigenvalue weighted by molar-refractivity contribution is 7.26. The van der Waals surface area contributed by atoms with E-state index in [-0.39, 0.29) is 0 Å². The van der Waals surface area contributed by atoms with E-state index in [0.717, 1.165) is 79.3 Å². The summed E-state index contributed by atoms with van der Waals surface area (Å²) in [7, 11) is 0. The number of pyridine rings is 2. The third-order valence-electron chi connectivity index (χ3n) is 13.9. The second-order valence-electron chi connectivity index (χ2n) is 18.6. The van der Waals surface area contributed by atoms with Crippen LogP contribution in [0.15, 0.2) is 298 Å². The first kappa shape index (κ1) is 45.9. The minimum absolute atomic E-state index is 0.907. The second kappa shape index (κ2) is 20.6. The van der Waals surface area contributed by atoms with E-state index >= 15 is 0 Å². The van der Waals surface area contributed by atoms with Crippen LogP contribution in [0, 0.1) is 0 Å². The van der Waals surface area contributed by atoms with Gasteiger partial charge in [-0.15, -0.1) is 11.3 Å². The van der Waals surface area contributed by atoms with E-state index in [1.807, 2.05) is 48.0 Å². The Labute approximate surface area is 447 Å². The molecule has 0 bridgehead atoms. The fourth-order valence-corrected chi connectivity index (χ4v) is 11.6. The molecule has 0 spiro atoms. The van der Waals surface area contributed by atoms with Crippen LogP contribution in [0.4, 0.5) is 51.2 Å². The zero-order valence-corrected chi connectivity index (χ0v) is 42.3. The number of anilines is 9. The van der Waals surface area contributed by atoms with Crippen LogP contribution in [0.2, 0.25) is 0 Å². The molecule has 3 heterocycles. The molecule has 0 saturated heterocycles. The van der Waals surface area contributed by atoms with E-state index in [9.17, 15) is 0 Å². The van der Waals surface area contributed by atoms with Gasteiger partial charge in [-0.3, -0.25) is 9.97 Å². The van der Waals surface area contributed by atoms with Gasteiger partial charge in [-0.1, -0.05) is 158 Å². The molecule has 6 heteroatoms. The lowest BCUT2D eigenvalue weighted by atomic mass is 9.99. The summed E-state index contributed by atoms with van der Waals surface area (Å²) in [6.07, 6.45) is 3.70. The molecule has 0 atom stereocenters. The first-order valence-corrected chi connectivity index (χ1v) is 26.4. The Morgan fingerprint density at radius 2 is 0.737 bits per heavy atom. The number of hydrogen-bond acceptors (Lipinski definition) is 6. The minimum Gasteiger partial charge on any atom is -0.310 e. The molecule has 13 rings (SSSR count). The Balaban J connectivity index is 0.977. The van der Waals surface area contributed by atoms with Crippen LogP contribution >= 0.6 is 11.3 Å². The summed E-state index contributed by atoms with van der Waals surface area (Å²) in [4.78, 5) is 16.5. The fraction of sp³-hybridized carbons (Fsp3) is 0. The molecule has 0 unspecified atom stereocenters. The molecule has 0 saturated carbocycles. The number of thiophene rings is 1. The number of fused-ring (bicyclic) bond motifs is 3. The maximum atomic E-state index is 4.83. The first-order chi connectivity index (χ1) is 37.7. The largest absolute Gasteiger partial charge is 0.310 e. The molecule has 0 radical (unpaired) electrons. The number of nitrogens with zero attached hydrogens (tertiary/aromatic N) is 5. The lowest BCUT2D eigenvalue weighted by Crippen LogP contribution is -2.15. The van der Waals surface area contributed by atoms with Gasteiger partial charge in [0.1, 0.15) is 0 Å². The van der Waals surface area contributed by atoms with Crippen molar-refractivity contribution in [2.45, 2.75) is 0 Å². The zero-order valence-electron chi connectivity index (χ0n) is 41.4. The molecule has 5 nitrogen and oxygen atoms in total. The van der Waals surface area contributed by atoms with Crippen LogP contribution in [-0.4, -0.2) is 9.97 Å². The average Bonchev–Trinajstić information content (AvgIpc) is 3.90. The third-order valence-corrected chi connectivity index (χ3v) is 15.1. The van der Waals surface area contributed by atoms with Gasteiger partial charge in [0, 0.05) is 89.2 Å². The molecule has 13 aromatic rings. The molecule has 0 N–H and O–H groups in total. The molecule has 10 aromatic carbocycles. The maximum absolute atomic E-state index is 4.83. The lowest BCUT2D eigenvalue weighted by Gasteiger charge is -2.31. The zero-order chi connectivity index (χ0) is 50.6. The van der Waals surface area contributed by atoms with Crippen LogP contribution < -0.4 is 14.7 Å². The number of para-hydroxylation sites is 3. The van der Waals surface area contributed by atoms with Crippen molar-refractivity contribution in [3.8, 4) is 44.8 Å². The minimum atomic E-state index is 0.907. The lowest BCUT2D eigenvalue weighted by molar-refractivity contribution is 1.23. The average molecular weight is 992 g/mol. The van der Waals surface area contributed by atoms with E-state index in [1.165, 1.54) is 36.9 Å². The number of benzene rings is 10. The van der Waals surface area contributed by atoms with Gasteiger partial charge in [0.2, 0.25) is 0 Å². The van der Waals surface area contributed by atoms with Gasteiger partial charge in [-0.05, 0) is 150 Å². The number of aromatic nitrogens is 2. The summed E-state index contributed by atoms with van der Waals surface area (Å²) in [5.41, 5.74) is 18.0. The van der Waals surface area contributed by atoms with Gasteiger partial charge in [-0.2, -0.15) is 0 Å². The van der Waals surface area contributed by atoms with E-state index in [0.29, 0.717) is 0 Å². The maximum Gasteiger partial charge on any atom is 0.0723 e. The quantitative estimate of drug-likeness (QED) is 0.115. The third kappa shape index (κ3) is 9.04. The van der Waals surface area contributed by atoms with Crippen LogP contribution in [0.25, 0.3) is 64.9 Å². The van der Waals surface area contributed by atoms with Gasteiger partial charge < -0.3 is 14.7 Å². The van der Waals surface area contributed by atoms with Crippen molar-refractivity contribution in [3.05, 3.63) is 298 Å². The van der Waals surface area contributed by atoms with Gasteiger partial charge in [-0.25, -0.2) is 0 Å². The van der Waals surface area contributed by atoms with Crippen molar-refractivity contribution < 1.29 is 0 Å². The van der Waals surface area contributed by atoms with Crippen molar-refractivity contribution in [3.63, 3.8) is 0 Å². The molecule has 0 fully saturated rings. The summed E-state index contributed by atoms with van der Waals surface area (Å²) in [6, 6.07) is 102. The van der Waals surface area contributed by atoms with E-state index in [1.54, 1.807) is 0 Å². The predicted octanol–water partition coefficient (Wildman–Crippen LogP) is 19.9. The molecule has 0 aliphatic heterocycles. The van der Waals surface area contributed by atoms with Crippen LogP contribution in [0.1, 0.15) is 0 Å². The van der Waals surface area contributed by atoms with Gasteiger partial charge in [0.05, 0.1) is 17.1 Å². The van der Waals surface area contributed by atoms with Gasteiger partial charge in [0.25, 0.3) is 0 Å². The normalized spacial score (nSPS) is 11.2. The molecule has 76 heavy (non-hydrogen) atoms. The molecular formula is C70H49N5S. The Morgan fingerprint density at radius 3 is 1.39 bits per heavy atom. The highest BCUT2D eigenvalue weighted by atomic mass is 32.1. The monoisotopic (exact) mass is 991 g/mol. The molecule has 360 valence electrons. The Morgan fingerprint density at radius 1 is 0.263 bits per heavy atom. The van der Waals surface area contributed by atoms with E-state index in [4.69, 9.17) is 4.98 Å². The summed E-state index contributed by atoms with van der Waals surface area (Å²) in [6.45, 7) is 0. The van der Waals surface area contributed by atoms with Gasteiger partial charge >= 0.3 is 0 Å². The second-order valence-corrected chi connectivity index (χ2v) is 19.7. The highest BCUT2D eigenvalue weighted by Crippen LogP contribution is 2.47. The van der Waals surface area contributed by atoms with Crippen molar-refractivity contribution in [1.82, 2.24) is 9.97 Å². The SMILES string of the molecule is c1ccc(-c2ccc3sc4c(-c5cccc(N(c6cccc(N(c7ccccc7)c7ccc(-c8ccccn8)cc7)c6)c6cccc(N(c7ccccc7)c7ccccc7-c7ccccn7)c6)c5)cccc4c3c2)cc1. The fourth-order valence-electron chi connectivity index (χ4n) is 10.4. The summed E-state index contributed by atoms with van der Waals surface area (Å²) >= 11 is 1.86. The first-order valence-electron chi connectivity index (χ1n) is 25.5. The number of rotatable bonds is 13. The molecule has 3 aromatic heterocycles. The van der Waals surface area contributed by atoms with E-state index < -0.39 is 0 Å². The number of hydrogen-bond donors (Lipinski definition) is 0. The van der Waals surface area contributed by atoms with Gasteiger partial charge in [0.15, 0.2) is 0 Å². The van der Waals surface area contributed by atoms with Crippen molar-refractivity contribution in [2.75, 3.05) is 14.7 Å². The van der Waals surface area contributed by atoms with Crippen molar-refractivity contribution >= 4 is 82.7 Å². The molecule has 0 amide bonds. The van der Waals surface area contributed by atoms with Crippen LogP contribution in [-0.2, 0) is 0 Å². The highest BCUT2D eigenvalue weighted by Gasteiger charge is 2.22. The predicted molar refractivity (Wildman–Crippen MR) is 321 cm³/mol. The van der Waals surface area contributed by atoms with Crippen LogP contribution in [0.5, 0.6) is 0 Å². The smallest absolute Gasteiger partial charge is 0.0723 e. The summed E-state index contributed by atoms with van der Waals surface area (Å²) in [5.74, 6) is 0. The van der Waals surface area contributed by atoms with Crippen molar-refractivity contribution in [2.24, 2.45) is 0 Å². The van der Waals surface area contributed by atoms with Crippen molar-refractivity contribution in [1.29, 1.82) is 0 Å². The summed E-state index contributed by atoms with van der Waals surface area (Å²) < 4.78 is 2.54. The molecular weight excluding hydrogens is 943 g/mol. The standard InChI is InChI=1S/C70H49N5S/c1-4-20-50(21-5-1)52-40-43-69-65(47-52)63-34-19-33-62(70(63)76-69)53-22-16-27-57(46-53)74(59-29-17-28-58(48-59)73(54-23-6-2-7-24-54)56-41-38-51(39-42-56)66-35-12-14-44-71-66)60-30-18-31-61(49-60)75(55-25-8-3-9-26-55)68-37-11-10-32-64(68)67-36-13-15-45-72-67/h1-49H. The Bertz CT molecular complexity index is 4110. The Kier molecular flexibility index (Phi) is 12.4. The summed E-state index contributed by atoms with van der Waals surface area (Å²) in [5, 5.41) is 2.54. The van der Waals surface area contributed by atoms with E-state index in [2.05, 4.69) is 281 Å². The topological polar surface area (TPSA) is 35.5 Å².